The van der Waals surface area contributed by atoms with Crippen LogP contribution in [-0.2, 0) is 4.79 Å². The van der Waals surface area contributed by atoms with E-state index in [1.165, 1.54) is 6.08 Å². The van der Waals surface area contributed by atoms with Crippen molar-refractivity contribution >= 4 is 5.97 Å². The number of aliphatic hydroxyl groups is 1. The molecule has 0 bridgehead atoms. The molecular weight excluding hydrogens is 132 g/mol. The molecule has 0 aromatic rings. The molecule has 56 valence electrons. The van der Waals surface area contributed by atoms with Gasteiger partial charge < -0.3 is 10.2 Å². The first-order valence-electron chi connectivity index (χ1n) is 3.22. The molecule has 0 saturated carbocycles. The summed E-state index contributed by atoms with van der Waals surface area (Å²) in [6, 6.07) is 0. The summed E-state index contributed by atoms with van der Waals surface area (Å²) in [6.07, 6.45) is 2.46. The van der Waals surface area contributed by atoms with E-state index >= 15 is 0 Å². The van der Waals surface area contributed by atoms with Gasteiger partial charge in [0.05, 0.1) is 12.0 Å². The minimum atomic E-state index is -0.926. The summed E-state index contributed by atoms with van der Waals surface area (Å²) in [5.41, 5.74) is 0. The Bertz CT molecular complexity index is 162. The number of carboxylic acid groups (broad SMARTS) is 1. The maximum Gasteiger partial charge on any atom is 0.310 e. The van der Waals surface area contributed by atoms with Gasteiger partial charge in [0, 0.05) is 0 Å². The minimum Gasteiger partial charge on any atom is -0.481 e. The smallest absolute Gasteiger partial charge is 0.310 e. The van der Waals surface area contributed by atoms with E-state index < -0.39 is 18.0 Å². The van der Waals surface area contributed by atoms with Crippen molar-refractivity contribution in [3.63, 3.8) is 0 Å². The first-order chi connectivity index (χ1) is 4.63. The molecule has 0 aromatic carbocycles. The van der Waals surface area contributed by atoms with E-state index in [2.05, 4.69) is 0 Å². The lowest BCUT2D eigenvalue weighted by Gasteiger charge is -2.12. The van der Waals surface area contributed by atoms with Gasteiger partial charge in [-0.15, -0.1) is 0 Å². The predicted octanol–water partition coefficient (Wildman–Crippen LogP) is 0.254. The fraction of sp³-hybridized carbons (Fsp3) is 0.571. The second kappa shape index (κ2) is 2.42. The Hall–Kier alpha value is -0.830. The molecule has 0 radical (unpaired) electrons. The third kappa shape index (κ3) is 1.04. The van der Waals surface area contributed by atoms with E-state index in [1.54, 1.807) is 13.0 Å². The largest absolute Gasteiger partial charge is 0.481 e. The van der Waals surface area contributed by atoms with Crippen LogP contribution in [0.3, 0.4) is 0 Å². The lowest BCUT2D eigenvalue weighted by atomic mass is 9.96. The van der Waals surface area contributed by atoms with Crippen molar-refractivity contribution in [2.24, 2.45) is 11.8 Å². The number of carbonyl (C=O) groups is 1. The highest BCUT2D eigenvalue weighted by atomic mass is 16.4. The zero-order valence-electron chi connectivity index (χ0n) is 5.69. The molecule has 3 nitrogen and oxygen atoms in total. The van der Waals surface area contributed by atoms with Crippen molar-refractivity contribution in [3.8, 4) is 0 Å². The molecule has 3 unspecified atom stereocenters. The molecule has 0 aromatic heterocycles. The summed E-state index contributed by atoms with van der Waals surface area (Å²) < 4.78 is 0. The summed E-state index contributed by atoms with van der Waals surface area (Å²) in [7, 11) is 0. The average Bonchev–Trinajstić information content (AvgIpc) is 2.11. The normalized spacial score (nSPS) is 38.4. The minimum absolute atomic E-state index is 0.0486. The maximum absolute atomic E-state index is 10.4. The van der Waals surface area contributed by atoms with Crippen LogP contribution in [0.4, 0.5) is 0 Å². The van der Waals surface area contributed by atoms with Crippen molar-refractivity contribution in [1.82, 2.24) is 0 Å². The summed E-state index contributed by atoms with van der Waals surface area (Å²) >= 11 is 0. The standard InChI is InChI=1S/C7H10O3/c1-4-2-3-5(8)6(4)7(9)10/h2-6,8H,1H3,(H,9,10). The van der Waals surface area contributed by atoms with Crippen LogP contribution in [-0.4, -0.2) is 22.3 Å². The van der Waals surface area contributed by atoms with E-state index in [-0.39, 0.29) is 5.92 Å². The molecule has 0 amide bonds. The van der Waals surface area contributed by atoms with Gasteiger partial charge in [-0.1, -0.05) is 19.1 Å². The Labute approximate surface area is 59.0 Å². The molecular formula is C7H10O3. The number of carboxylic acids is 1. The Morgan fingerprint density at radius 3 is 2.30 bits per heavy atom. The second-order valence-corrected chi connectivity index (χ2v) is 2.60. The Balaban J connectivity index is 2.69. The van der Waals surface area contributed by atoms with Crippen molar-refractivity contribution in [2.75, 3.05) is 0 Å². The highest BCUT2D eigenvalue weighted by molar-refractivity contribution is 5.72. The molecule has 3 atom stereocenters. The second-order valence-electron chi connectivity index (χ2n) is 2.60. The molecule has 0 heterocycles. The van der Waals surface area contributed by atoms with Gasteiger partial charge in [0.15, 0.2) is 0 Å². The average molecular weight is 142 g/mol. The number of hydrogen-bond acceptors (Lipinski definition) is 2. The SMILES string of the molecule is CC1C=CC(O)C1C(=O)O. The number of allylic oxidation sites excluding steroid dienone is 1. The molecule has 1 aliphatic carbocycles. The van der Waals surface area contributed by atoms with E-state index in [4.69, 9.17) is 10.2 Å². The van der Waals surface area contributed by atoms with Gasteiger partial charge in [-0.3, -0.25) is 4.79 Å². The summed E-state index contributed by atoms with van der Waals surface area (Å²) in [4.78, 5) is 10.4. The molecule has 0 fully saturated rings. The third-order valence-corrected chi connectivity index (χ3v) is 1.83. The van der Waals surface area contributed by atoms with E-state index in [0.29, 0.717) is 0 Å². The van der Waals surface area contributed by atoms with Crippen molar-refractivity contribution in [1.29, 1.82) is 0 Å². The van der Waals surface area contributed by atoms with Gasteiger partial charge in [-0.25, -0.2) is 0 Å². The number of hydrogen-bond donors (Lipinski definition) is 2. The van der Waals surface area contributed by atoms with Crippen LogP contribution in [0.25, 0.3) is 0 Å². The third-order valence-electron chi connectivity index (χ3n) is 1.83. The zero-order valence-corrected chi connectivity index (χ0v) is 5.69. The highest BCUT2D eigenvalue weighted by Gasteiger charge is 2.33. The van der Waals surface area contributed by atoms with Crippen molar-refractivity contribution < 1.29 is 15.0 Å². The fourth-order valence-corrected chi connectivity index (χ4v) is 1.21. The molecule has 2 N–H and O–H groups in total. The topological polar surface area (TPSA) is 57.5 Å². The Morgan fingerprint density at radius 1 is 1.50 bits per heavy atom. The Morgan fingerprint density at radius 2 is 2.10 bits per heavy atom. The molecule has 3 heteroatoms. The predicted molar refractivity (Wildman–Crippen MR) is 35.4 cm³/mol. The van der Waals surface area contributed by atoms with Gasteiger partial charge in [-0.05, 0) is 5.92 Å². The number of aliphatic hydroxyl groups excluding tert-OH is 1. The van der Waals surface area contributed by atoms with Gasteiger partial charge in [0.2, 0.25) is 0 Å². The molecule has 0 aliphatic heterocycles. The van der Waals surface area contributed by atoms with Crippen LogP contribution >= 0.6 is 0 Å². The van der Waals surface area contributed by atoms with Crippen LogP contribution < -0.4 is 0 Å². The zero-order chi connectivity index (χ0) is 7.72. The van der Waals surface area contributed by atoms with Gasteiger partial charge in [0.25, 0.3) is 0 Å². The maximum atomic E-state index is 10.4. The first kappa shape index (κ1) is 7.28. The fourth-order valence-electron chi connectivity index (χ4n) is 1.21. The molecule has 10 heavy (non-hydrogen) atoms. The summed E-state index contributed by atoms with van der Waals surface area (Å²) in [5.74, 6) is -1.61. The van der Waals surface area contributed by atoms with E-state index in [1.807, 2.05) is 0 Å². The van der Waals surface area contributed by atoms with Gasteiger partial charge in [0.1, 0.15) is 0 Å². The first-order valence-corrected chi connectivity index (χ1v) is 3.22. The van der Waals surface area contributed by atoms with Crippen LogP contribution in [0.5, 0.6) is 0 Å². The Kier molecular flexibility index (Phi) is 1.76. The number of aliphatic carboxylic acids is 1. The molecule has 0 spiro atoms. The van der Waals surface area contributed by atoms with Crippen LogP contribution in [0.15, 0.2) is 12.2 Å². The van der Waals surface area contributed by atoms with Crippen LogP contribution in [0.1, 0.15) is 6.92 Å². The van der Waals surface area contributed by atoms with E-state index in [9.17, 15) is 4.79 Å². The molecule has 1 aliphatic rings. The molecule has 1 rings (SSSR count). The van der Waals surface area contributed by atoms with Crippen LogP contribution in [0.2, 0.25) is 0 Å². The molecule has 0 saturated heterocycles. The monoisotopic (exact) mass is 142 g/mol. The van der Waals surface area contributed by atoms with Gasteiger partial charge in [-0.2, -0.15) is 0 Å². The summed E-state index contributed by atoms with van der Waals surface area (Å²) in [6.45, 7) is 1.78. The quantitative estimate of drug-likeness (QED) is 0.516. The van der Waals surface area contributed by atoms with Gasteiger partial charge >= 0.3 is 5.97 Å². The van der Waals surface area contributed by atoms with Crippen LogP contribution in [0, 0.1) is 11.8 Å². The lowest BCUT2D eigenvalue weighted by molar-refractivity contribution is -0.145. The highest BCUT2D eigenvalue weighted by Crippen LogP contribution is 2.24. The van der Waals surface area contributed by atoms with E-state index in [0.717, 1.165) is 0 Å². The number of rotatable bonds is 1. The lowest BCUT2D eigenvalue weighted by Crippen LogP contribution is -2.27. The van der Waals surface area contributed by atoms with Crippen molar-refractivity contribution in [3.05, 3.63) is 12.2 Å². The summed E-state index contributed by atoms with van der Waals surface area (Å²) in [5, 5.41) is 17.6. The van der Waals surface area contributed by atoms with Crippen molar-refractivity contribution in [2.45, 2.75) is 13.0 Å².